The summed E-state index contributed by atoms with van der Waals surface area (Å²) in [6.07, 6.45) is 2.95. The minimum absolute atomic E-state index is 0.216. The summed E-state index contributed by atoms with van der Waals surface area (Å²) in [4.78, 5) is 0. The van der Waals surface area contributed by atoms with Gasteiger partial charge in [0.05, 0.1) is 6.26 Å². The molecule has 0 bridgehead atoms. The Bertz CT molecular complexity index is 1150. The molecule has 0 aliphatic rings. The fourth-order valence-corrected chi connectivity index (χ4v) is 3.06. The molecule has 0 saturated carbocycles. The van der Waals surface area contributed by atoms with E-state index in [4.69, 9.17) is 24.8 Å². The standard InChI is InChI=1S/2C10H8O2.C7H10O.C3H8.C2H6/c2*11-9-3-1-7-2-4-10(12)6-8(7)5-9;1-6(2)7-4-3-5-8-7;1-3-2;1-2/h2*1-6,11-12H;3-6H,1-2H3;3H2,1-2H3;1-2H3. The quantitative estimate of drug-likeness (QED) is 0.182. The van der Waals surface area contributed by atoms with E-state index in [0.29, 0.717) is 5.92 Å². The largest absolute Gasteiger partial charge is 0.508 e. The number of benzene rings is 4. The molecule has 0 atom stereocenters. The van der Waals surface area contributed by atoms with Gasteiger partial charge in [0.1, 0.15) is 28.8 Å². The van der Waals surface area contributed by atoms with Crippen molar-refractivity contribution in [3.8, 4) is 23.0 Å². The lowest BCUT2D eigenvalue weighted by Crippen LogP contribution is -1.79. The third-order valence-corrected chi connectivity index (χ3v) is 4.73. The highest BCUT2D eigenvalue weighted by Crippen LogP contribution is 2.24. The first-order valence-electron chi connectivity index (χ1n) is 12.6. The van der Waals surface area contributed by atoms with E-state index in [0.717, 1.165) is 27.3 Å². The van der Waals surface area contributed by atoms with Crippen LogP contribution in [0.3, 0.4) is 0 Å². The third-order valence-electron chi connectivity index (χ3n) is 4.73. The van der Waals surface area contributed by atoms with Crippen LogP contribution in [0, 0.1) is 0 Å². The number of phenols is 4. The van der Waals surface area contributed by atoms with Gasteiger partial charge in [0, 0.05) is 5.92 Å². The minimum atomic E-state index is 0.216. The Kier molecular flexibility index (Phi) is 13.8. The molecule has 37 heavy (non-hydrogen) atoms. The van der Waals surface area contributed by atoms with Crippen molar-refractivity contribution < 1.29 is 24.8 Å². The lowest BCUT2D eigenvalue weighted by atomic mass is 10.1. The summed E-state index contributed by atoms with van der Waals surface area (Å²) in [6, 6.07) is 24.1. The van der Waals surface area contributed by atoms with Gasteiger partial charge in [0.2, 0.25) is 0 Å². The first-order valence-corrected chi connectivity index (χ1v) is 12.6. The molecule has 5 rings (SSSR count). The number of fused-ring (bicyclic) bond motifs is 2. The topological polar surface area (TPSA) is 94.1 Å². The summed E-state index contributed by atoms with van der Waals surface area (Å²) in [5, 5.41) is 40.3. The first-order chi connectivity index (χ1) is 17.7. The van der Waals surface area contributed by atoms with Crippen molar-refractivity contribution in [1.29, 1.82) is 0 Å². The van der Waals surface area contributed by atoms with E-state index in [-0.39, 0.29) is 23.0 Å². The summed E-state index contributed by atoms with van der Waals surface area (Å²) in [7, 11) is 0. The molecule has 1 heterocycles. The van der Waals surface area contributed by atoms with E-state index < -0.39 is 0 Å². The van der Waals surface area contributed by atoms with Gasteiger partial charge in [0.15, 0.2) is 0 Å². The van der Waals surface area contributed by atoms with Crippen LogP contribution in [0.2, 0.25) is 0 Å². The molecule has 0 aliphatic heterocycles. The highest BCUT2D eigenvalue weighted by atomic mass is 16.3. The summed E-state index contributed by atoms with van der Waals surface area (Å²) in [6.45, 7) is 12.5. The zero-order valence-corrected chi connectivity index (χ0v) is 22.6. The average molecular weight is 505 g/mol. The molecule has 0 aliphatic carbocycles. The number of phenolic OH excluding ortho intramolecular Hbond substituents is 4. The number of aromatic hydroxyl groups is 4. The van der Waals surface area contributed by atoms with Gasteiger partial charge >= 0.3 is 0 Å². The van der Waals surface area contributed by atoms with E-state index in [1.807, 2.05) is 50.2 Å². The number of hydrogen-bond acceptors (Lipinski definition) is 5. The minimum Gasteiger partial charge on any atom is -0.508 e. The van der Waals surface area contributed by atoms with Gasteiger partial charge in [-0.25, -0.2) is 0 Å². The fraction of sp³-hybridized carbons (Fsp3) is 0.250. The van der Waals surface area contributed by atoms with Crippen molar-refractivity contribution in [3.63, 3.8) is 0 Å². The molecule has 0 unspecified atom stereocenters. The smallest absolute Gasteiger partial charge is 0.116 e. The van der Waals surface area contributed by atoms with Gasteiger partial charge in [-0.2, -0.15) is 0 Å². The Morgan fingerprint density at radius 2 is 0.892 bits per heavy atom. The van der Waals surface area contributed by atoms with Crippen LogP contribution in [-0.2, 0) is 0 Å². The van der Waals surface area contributed by atoms with Crippen molar-refractivity contribution in [3.05, 3.63) is 97.0 Å². The highest BCUT2D eigenvalue weighted by Gasteiger charge is 1.98. The molecule has 1 aromatic heterocycles. The molecule has 5 heteroatoms. The molecule has 5 aromatic rings. The second-order valence-electron chi connectivity index (χ2n) is 8.31. The third kappa shape index (κ3) is 11.0. The second kappa shape index (κ2) is 16.5. The normalized spacial score (nSPS) is 9.59. The average Bonchev–Trinajstić information content (AvgIpc) is 3.42. The Labute approximate surface area is 220 Å². The fourth-order valence-electron chi connectivity index (χ4n) is 3.06. The maximum absolute atomic E-state index is 9.14. The summed E-state index contributed by atoms with van der Waals surface area (Å²) in [5.74, 6) is 2.44. The molecule has 0 spiro atoms. The maximum atomic E-state index is 9.14. The van der Waals surface area contributed by atoms with Crippen molar-refractivity contribution in [1.82, 2.24) is 0 Å². The first kappa shape index (κ1) is 30.9. The molecule has 0 radical (unpaired) electrons. The van der Waals surface area contributed by atoms with Crippen LogP contribution < -0.4 is 0 Å². The predicted molar refractivity (Wildman–Crippen MR) is 155 cm³/mol. The van der Waals surface area contributed by atoms with Crippen LogP contribution in [0.5, 0.6) is 23.0 Å². The zero-order chi connectivity index (χ0) is 27.8. The van der Waals surface area contributed by atoms with Crippen molar-refractivity contribution in [2.75, 3.05) is 0 Å². The molecule has 4 N–H and O–H groups in total. The molecule has 4 aromatic carbocycles. The van der Waals surface area contributed by atoms with Crippen LogP contribution in [-0.4, -0.2) is 20.4 Å². The molecular formula is C32H40O5. The Balaban J connectivity index is 0.000000260. The van der Waals surface area contributed by atoms with Gasteiger partial charge < -0.3 is 24.8 Å². The molecular weight excluding hydrogens is 464 g/mol. The second-order valence-corrected chi connectivity index (χ2v) is 8.31. The molecule has 0 fully saturated rings. The Morgan fingerprint density at radius 3 is 1.11 bits per heavy atom. The van der Waals surface area contributed by atoms with Crippen LogP contribution in [0.25, 0.3) is 21.5 Å². The van der Waals surface area contributed by atoms with E-state index in [1.165, 1.54) is 6.42 Å². The van der Waals surface area contributed by atoms with Crippen LogP contribution in [0.15, 0.2) is 95.6 Å². The van der Waals surface area contributed by atoms with Gasteiger partial charge in [-0.1, -0.05) is 72.2 Å². The highest BCUT2D eigenvalue weighted by molar-refractivity contribution is 5.85. The monoisotopic (exact) mass is 504 g/mol. The SMILES string of the molecule is CC.CC(C)c1ccco1.CCC.Oc1ccc2ccc(O)cc2c1.Oc1ccc2ccc(O)cc2c1. The lowest BCUT2D eigenvalue weighted by molar-refractivity contribution is 0.473. The number of rotatable bonds is 1. The predicted octanol–water partition coefficient (Wildman–Crippen LogP) is 9.35. The number of hydrogen-bond donors (Lipinski definition) is 4. The molecule has 198 valence electrons. The molecule has 0 saturated heterocycles. The van der Waals surface area contributed by atoms with Crippen LogP contribution in [0.4, 0.5) is 0 Å². The summed E-state index contributed by atoms with van der Waals surface area (Å²) >= 11 is 0. The Morgan fingerprint density at radius 1 is 0.568 bits per heavy atom. The molecule has 0 amide bonds. The Hall–Kier alpha value is -4.12. The van der Waals surface area contributed by atoms with Gasteiger partial charge in [-0.15, -0.1) is 0 Å². The van der Waals surface area contributed by atoms with E-state index in [9.17, 15) is 0 Å². The van der Waals surface area contributed by atoms with E-state index >= 15 is 0 Å². The van der Waals surface area contributed by atoms with Gasteiger partial charge in [0.25, 0.3) is 0 Å². The maximum Gasteiger partial charge on any atom is 0.116 e. The van der Waals surface area contributed by atoms with Gasteiger partial charge in [-0.05, 0) is 82.2 Å². The molecule has 5 nitrogen and oxygen atoms in total. The van der Waals surface area contributed by atoms with Crippen LogP contribution >= 0.6 is 0 Å². The zero-order valence-electron chi connectivity index (χ0n) is 22.6. The van der Waals surface area contributed by atoms with E-state index in [1.54, 1.807) is 54.8 Å². The van der Waals surface area contributed by atoms with Crippen molar-refractivity contribution in [2.45, 2.75) is 53.9 Å². The summed E-state index contributed by atoms with van der Waals surface area (Å²) in [5.41, 5.74) is 0. The number of furan rings is 1. The van der Waals surface area contributed by atoms with Crippen molar-refractivity contribution in [2.24, 2.45) is 0 Å². The van der Waals surface area contributed by atoms with Crippen molar-refractivity contribution >= 4 is 21.5 Å². The summed E-state index contributed by atoms with van der Waals surface area (Å²) < 4.78 is 5.09. The van der Waals surface area contributed by atoms with E-state index in [2.05, 4.69) is 27.7 Å². The lowest BCUT2D eigenvalue weighted by Gasteiger charge is -1.98. The van der Waals surface area contributed by atoms with Crippen LogP contribution in [0.1, 0.15) is 59.6 Å². The van der Waals surface area contributed by atoms with Gasteiger partial charge in [-0.3, -0.25) is 0 Å².